The van der Waals surface area contributed by atoms with Crippen LogP contribution in [0.1, 0.15) is 46.6 Å². The first-order valence-corrected chi connectivity index (χ1v) is 7.89. The highest BCUT2D eigenvalue weighted by molar-refractivity contribution is 7.13. The summed E-state index contributed by atoms with van der Waals surface area (Å²) in [6.07, 6.45) is 2.70. The number of nitrogens with one attached hydrogen (secondary N) is 1. The molecule has 0 aromatic carbocycles. The van der Waals surface area contributed by atoms with Gasteiger partial charge in [-0.05, 0) is 32.6 Å². The Hall–Kier alpha value is -1.47. The summed E-state index contributed by atoms with van der Waals surface area (Å²) in [6.45, 7) is 4.65. The number of aromatic carboxylic acids is 1. The quantitative estimate of drug-likeness (QED) is 0.803. The second-order valence-electron chi connectivity index (χ2n) is 5.22. The maximum absolute atomic E-state index is 11.8. The first-order valence-electron chi connectivity index (χ1n) is 7.07. The van der Waals surface area contributed by atoms with Gasteiger partial charge in [-0.15, -0.1) is 11.3 Å². The number of aryl methyl sites for hydroxylation is 1. The van der Waals surface area contributed by atoms with Crippen molar-refractivity contribution in [3.8, 4) is 0 Å². The van der Waals surface area contributed by atoms with E-state index in [0.29, 0.717) is 35.7 Å². The van der Waals surface area contributed by atoms with Crippen molar-refractivity contribution in [2.45, 2.75) is 45.8 Å². The van der Waals surface area contributed by atoms with Crippen LogP contribution in [-0.2, 0) is 16.1 Å². The number of thiazole rings is 1. The maximum atomic E-state index is 11.8. The summed E-state index contributed by atoms with van der Waals surface area (Å²) >= 11 is 1.11. The number of ether oxygens (including phenoxy) is 1. The van der Waals surface area contributed by atoms with Crippen LogP contribution in [0, 0.1) is 12.8 Å². The molecular formula is C14H20N2O4S. The van der Waals surface area contributed by atoms with Crippen LogP contribution >= 0.6 is 11.3 Å². The summed E-state index contributed by atoms with van der Waals surface area (Å²) < 4.78 is 5.46. The highest BCUT2D eigenvalue weighted by Gasteiger charge is 2.31. The lowest BCUT2D eigenvalue weighted by atomic mass is 9.80. The van der Waals surface area contributed by atoms with Gasteiger partial charge in [-0.2, -0.15) is 0 Å². The molecule has 1 fully saturated rings. The fourth-order valence-electron chi connectivity index (χ4n) is 2.45. The van der Waals surface area contributed by atoms with Gasteiger partial charge in [0.1, 0.15) is 9.88 Å². The largest absolute Gasteiger partial charge is 0.477 e. The van der Waals surface area contributed by atoms with Gasteiger partial charge < -0.3 is 15.2 Å². The van der Waals surface area contributed by atoms with E-state index in [-0.39, 0.29) is 10.8 Å². The zero-order valence-corrected chi connectivity index (χ0v) is 13.0. The van der Waals surface area contributed by atoms with E-state index in [9.17, 15) is 9.59 Å². The molecule has 0 saturated heterocycles. The average Bonchev–Trinajstić information content (AvgIpc) is 2.75. The summed E-state index contributed by atoms with van der Waals surface area (Å²) in [4.78, 5) is 27.1. The van der Waals surface area contributed by atoms with Crippen LogP contribution in [-0.4, -0.2) is 34.7 Å². The minimum Gasteiger partial charge on any atom is -0.477 e. The molecule has 0 radical (unpaired) electrons. The molecule has 21 heavy (non-hydrogen) atoms. The fourth-order valence-corrected chi connectivity index (χ4v) is 3.29. The highest BCUT2D eigenvalue weighted by atomic mass is 32.1. The number of carboxylic acid groups (broad SMARTS) is 1. The third-order valence-electron chi connectivity index (χ3n) is 3.54. The Morgan fingerprint density at radius 1 is 1.48 bits per heavy atom. The van der Waals surface area contributed by atoms with E-state index in [1.165, 1.54) is 0 Å². The van der Waals surface area contributed by atoms with Crippen molar-refractivity contribution in [2.75, 3.05) is 6.61 Å². The topological polar surface area (TPSA) is 88.5 Å². The Morgan fingerprint density at radius 3 is 2.76 bits per heavy atom. The first kappa shape index (κ1) is 15.9. The number of hydrogen-bond acceptors (Lipinski definition) is 5. The molecule has 0 aliphatic heterocycles. The van der Waals surface area contributed by atoms with Crippen LogP contribution in [0.4, 0.5) is 0 Å². The molecule has 0 bridgehead atoms. The maximum Gasteiger partial charge on any atom is 0.347 e. The summed E-state index contributed by atoms with van der Waals surface area (Å²) in [5, 5.41) is 12.4. The number of carboxylic acids is 1. The van der Waals surface area contributed by atoms with Crippen molar-refractivity contribution in [1.29, 1.82) is 0 Å². The number of carbonyl (C=O) groups is 2. The third-order valence-corrected chi connectivity index (χ3v) is 4.69. The molecule has 0 unspecified atom stereocenters. The molecule has 6 nitrogen and oxygen atoms in total. The van der Waals surface area contributed by atoms with E-state index in [1.807, 2.05) is 6.92 Å². The van der Waals surface area contributed by atoms with Crippen molar-refractivity contribution in [3.05, 3.63) is 15.6 Å². The van der Waals surface area contributed by atoms with Gasteiger partial charge in [-0.1, -0.05) is 0 Å². The number of carbonyl (C=O) groups excluding carboxylic acids is 1. The molecule has 0 atom stereocenters. The minimum absolute atomic E-state index is 0.0142. The van der Waals surface area contributed by atoms with Gasteiger partial charge in [-0.25, -0.2) is 9.78 Å². The minimum atomic E-state index is -0.973. The number of hydrogen-bond donors (Lipinski definition) is 2. The van der Waals surface area contributed by atoms with Crippen LogP contribution in [0.25, 0.3) is 0 Å². The van der Waals surface area contributed by atoms with Crippen LogP contribution in [0.2, 0.25) is 0 Å². The zero-order valence-electron chi connectivity index (χ0n) is 12.2. The Labute approximate surface area is 127 Å². The number of aromatic nitrogens is 1. The molecule has 1 heterocycles. The highest BCUT2D eigenvalue weighted by Crippen LogP contribution is 2.32. The van der Waals surface area contributed by atoms with E-state index in [0.717, 1.165) is 30.8 Å². The van der Waals surface area contributed by atoms with Crippen molar-refractivity contribution in [1.82, 2.24) is 10.3 Å². The zero-order chi connectivity index (χ0) is 15.4. The predicted octanol–water partition coefficient (Wildman–Crippen LogP) is 1.97. The van der Waals surface area contributed by atoms with E-state index < -0.39 is 5.97 Å². The van der Waals surface area contributed by atoms with Gasteiger partial charge in [0, 0.05) is 13.0 Å². The summed E-state index contributed by atoms with van der Waals surface area (Å²) in [5.41, 5.74) is 0.496. The molecular weight excluding hydrogens is 292 g/mol. The fraction of sp³-hybridized carbons (Fsp3) is 0.643. The van der Waals surface area contributed by atoms with Crippen molar-refractivity contribution >= 4 is 23.2 Å². The molecule has 1 aromatic rings. The lowest BCUT2D eigenvalue weighted by Gasteiger charge is -2.34. The van der Waals surface area contributed by atoms with Crippen LogP contribution in [0.3, 0.4) is 0 Å². The number of amides is 1. The van der Waals surface area contributed by atoms with Gasteiger partial charge in [0.2, 0.25) is 5.91 Å². The van der Waals surface area contributed by atoms with Crippen LogP contribution in [0.15, 0.2) is 0 Å². The van der Waals surface area contributed by atoms with Crippen LogP contribution in [0.5, 0.6) is 0 Å². The molecule has 7 heteroatoms. The van der Waals surface area contributed by atoms with E-state index >= 15 is 0 Å². The summed E-state index contributed by atoms with van der Waals surface area (Å²) in [5.74, 6) is -0.590. The van der Waals surface area contributed by atoms with Crippen molar-refractivity contribution < 1.29 is 19.4 Å². The van der Waals surface area contributed by atoms with Gasteiger partial charge in [0.15, 0.2) is 0 Å². The van der Waals surface area contributed by atoms with Gasteiger partial charge >= 0.3 is 5.97 Å². The first-order chi connectivity index (χ1) is 9.99. The molecule has 1 saturated carbocycles. The standard InChI is InChI=1S/C14H20N2O4S/c1-3-20-10-4-9(5-10)6-11(17)15-7-12-16-8(2)13(21-12)14(18)19/h9-10H,3-7H2,1-2H3,(H,15,17)(H,18,19). The Kier molecular flexibility index (Phi) is 5.30. The normalized spacial score (nSPS) is 20.9. The SMILES string of the molecule is CCOC1CC(CC(=O)NCc2nc(C)c(C(=O)O)s2)C1. The predicted molar refractivity (Wildman–Crippen MR) is 78.4 cm³/mol. The van der Waals surface area contributed by atoms with E-state index in [4.69, 9.17) is 9.84 Å². The smallest absolute Gasteiger partial charge is 0.347 e. The second kappa shape index (κ2) is 7.00. The Bertz CT molecular complexity index is 523. The van der Waals surface area contributed by atoms with Crippen molar-refractivity contribution in [3.63, 3.8) is 0 Å². The lowest BCUT2D eigenvalue weighted by Crippen LogP contribution is -2.35. The van der Waals surface area contributed by atoms with Gasteiger partial charge in [0.25, 0.3) is 0 Å². The molecule has 116 valence electrons. The number of rotatable bonds is 7. The molecule has 1 aliphatic rings. The van der Waals surface area contributed by atoms with E-state index in [1.54, 1.807) is 6.92 Å². The molecule has 1 aromatic heterocycles. The van der Waals surface area contributed by atoms with Gasteiger partial charge in [0.05, 0.1) is 18.3 Å². The third kappa shape index (κ3) is 4.25. The molecule has 0 spiro atoms. The molecule has 2 N–H and O–H groups in total. The monoisotopic (exact) mass is 312 g/mol. The average molecular weight is 312 g/mol. The molecule has 2 rings (SSSR count). The van der Waals surface area contributed by atoms with E-state index in [2.05, 4.69) is 10.3 Å². The van der Waals surface area contributed by atoms with Crippen LogP contribution < -0.4 is 5.32 Å². The Balaban J connectivity index is 1.72. The molecule has 1 amide bonds. The number of nitrogens with zero attached hydrogens (tertiary/aromatic N) is 1. The second-order valence-corrected chi connectivity index (χ2v) is 6.31. The summed E-state index contributed by atoms with van der Waals surface area (Å²) in [7, 11) is 0. The lowest BCUT2D eigenvalue weighted by molar-refractivity contribution is -0.124. The summed E-state index contributed by atoms with van der Waals surface area (Å²) in [6, 6.07) is 0. The Morgan fingerprint density at radius 2 is 2.19 bits per heavy atom. The van der Waals surface area contributed by atoms with Crippen molar-refractivity contribution in [2.24, 2.45) is 5.92 Å². The van der Waals surface area contributed by atoms with Gasteiger partial charge in [-0.3, -0.25) is 4.79 Å². The molecule has 1 aliphatic carbocycles.